The molecule has 3 N–H and O–H groups in total. The highest BCUT2D eigenvalue weighted by atomic mass is 16.3. The lowest BCUT2D eigenvalue weighted by molar-refractivity contribution is -0.235. The first-order chi connectivity index (χ1) is 15.0. The Hall–Kier alpha value is -0.380. The summed E-state index contributed by atoms with van der Waals surface area (Å²) in [5.74, 6) is 3.35. The minimum absolute atomic E-state index is 0.160. The molecule has 0 radical (unpaired) electrons. The van der Waals surface area contributed by atoms with Crippen LogP contribution in [-0.2, 0) is 0 Å². The molecule has 4 rings (SSSR count). The number of fused-ring (bicyclic) bond motifs is 5. The van der Waals surface area contributed by atoms with E-state index >= 15 is 0 Å². The van der Waals surface area contributed by atoms with Gasteiger partial charge >= 0.3 is 0 Å². The third-order valence-corrected chi connectivity index (χ3v) is 11.7. The molecule has 3 nitrogen and oxygen atoms in total. The number of aliphatic hydroxyl groups is 3. The summed E-state index contributed by atoms with van der Waals surface area (Å²) in [6.07, 6.45) is 11.9. The first-order valence-electron chi connectivity index (χ1n) is 13.7. The lowest BCUT2D eigenvalue weighted by Gasteiger charge is -2.65. The Kier molecular flexibility index (Phi) is 6.71. The molecule has 0 bridgehead atoms. The topological polar surface area (TPSA) is 60.7 Å². The summed E-state index contributed by atoms with van der Waals surface area (Å²) in [4.78, 5) is 0. The van der Waals surface area contributed by atoms with E-state index in [1.165, 1.54) is 18.4 Å². The van der Waals surface area contributed by atoms with Gasteiger partial charge in [-0.2, -0.15) is 0 Å². The Balaban J connectivity index is 1.56. The van der Waals surface area contributed by atoms with Crippen LogP contribution < -0.4 is 0 Å². The van der Waals surface area contributed by atoms with Gasteiger partial charge in [0.05, 0.1) is 18.3 Å². The predicted molar refractivity (Wildman–Crippen MR) is 131 cm³/mol. The van der Waals surface area contributed by atoms with Gasteiger partial charge in [-0.25, -0.2) is 0 Å². The van der Waals surface area contributed by atoms with Gasteiger partial charge in [-0.3, -0.25) is 0 Å². The van der Waals surface area contributed by atoms with E-state index in [0.29, 0.717) is 41.4 Å². The van der Waals surface area contributed by atoms with Crippen molar-refractivity contribution in [3.05, 3.63) is 11.6 Å². The zero-order valence-corrected chi connectivity index (χ0v) is 21.6. The zero-order valence-electron chi connectivity index (χ0n) is 21.6. The lowest BCUT2D eigenvalue weighted by Crippen LogP contribution is -2.65. The zero-order chi connectivity index (χ0) is 23.5. The Bertz CT molecular complexity index is 715. The molecule has 0 amide bonds. The summed E-state index contributed by atoms with van der Waals surface area (Å²) in [6, 6.07) is 0. The lowest BCUT2D eigenvalue weighted by atomic mass is 9.41. The largest absolute Gasteiger partial charge is 0.393 e. The van der Waals surface area contributed by atoms with Gasteiger partial charge in [0.25, 0.3) is 0 Å². The van der Waals surface area contributed by atoms with Gasteiger partial charge < -0.3 is 15.3 Å². The summed E-state index contributed by atoms with van der Waals surface area (Å²) < 4.78 is 0. The van der Waals surface area contributed by atoms with Crippen molar-refractivity contribution in [2.45, 2.75) is 111 Å². The van der Waals surface area contributed by atoms with Crippen LogP contribution in [0.4, 0.5) is 0 Å². The second kappa shape index (κ2) is 8.68. The highest BCUT2D eigenvalue weighted by Gasteiger charge is 2.67. The molecule has 4 saturated carbocycles. The van der Waals surface area contributed by atoms with Crippen LogP contribution >= 0.6 is 0 Å². The van der Waals surface area contributed by atoms with Crippen molar-refractivity contribution in [2.75, 3.05) is 6.61 Å². The van der Waals surface area contributed by atoms with Crippen molar-refractivity contribution < 1.29 is 15.3 Å². The summed E-state index contributed by atoms with van der Waals surface area (Å²) in [7, 11) is 0. The fraction of sp³-hybridized carbons (Fsp3) is 0.931. The minimum Gasteiger partial charge on any atom is -0.393 e. The molecule has 184 valence electrons. The second-order valence-corrected chi connectivity index (χ2v) is 13.2. The van der Waals surface area contributed by atoms with Crippen LogP contribution in [0.15, 0.2) is 11.6 Å². The van der Waals surface area contributed by atoms with E-state index < -0.39 is 5.60 Å². The summed E-state index contributed by atoms with van der Waals surface area (Å²) in [6.45, 7) is 14.1. The SMILES string of the molecule is CC(C)C(=CCC(C)C1CCC2C1(C)CCC1C3(C)CCC(O)C(C)C3CCC21O)CO. The maximum atomic E-state index is 12.4. The summed E-state index contributed by atoms with van der Waals surface area (Å²) in [5.41, 5.74) is 1.03. The van der Waals surface area contributed by atoms with Crippen molar-refractivity contribution in [3.63, 3.8) is 0 Å². The van der Waals surface area contributed by atoms with Crippen LogP contribution in [0, 0.1) is 52.3 Å². The maximum absolute atomic E-state index is 12.4. The Labute approximate surface area is 197 Å². The molecule has 32 heavy (non-hydrogen) atoms. The average molecular weight is 447 g/mol. The van der Waals surface area contributed by atoms with Crippen LogP contribution in [0.3, 0.4) is 0 Å². The van der Waals surface area contributed by atoms with E-state index in [9.17, 15) is 15.3 Å². The molecule has 10 unspecified atom stereocenters. The molecule has 3 heteroatoms. The van der Waals surface area contributed by atoms with Gasteiger partial charge in [0.1, 0.15) is 0 Å². The summed E-state index contributed by atoms with van der Waals surface area (Å²) in [5, 5.41) is 32.7. The number of rotatable bonds is 5. The van der Waals surface area contributed by atoms with Crippen molar-refractivity contribution in [1.29, 1.82) is 0 Å². The molecule has 0 aliphatic heterocycles. The standard InChI is InChI=1S/C29H50O3/c1-18(2)21(17-30)8-7-19(3)22-9-10-25-27(22,5)15-13-26-28(6)14-12-24(31)20(4)23(28)11-16-29(25,26)32/h8,18-20,22-26,30-32H,7,9-17H2,1-6H3. The van der Waals surface area contributed by atoms with Crippen LogP contribution in [0.25, 0.3) is 0 Å². The van der Waals surface area contributed by atoms with Crippen molar-refractivity contribution in [2.24, 2.45) is 52.3 Å². The van der Waals surface area contributed by atoms with E-state index in [0.717, 1.165) is 44.9 Å². The van der Waals surface area contributed by atoms with Gasteiger partial charge in [0.15, 0.2) is 0 Å². The monoisotopic (exact) mass is 446 g/mol. The smallest absolute Gasteiger partial charge is 0.0714 e. The third-order valence-electron chi connectivity index (χ3n) is 11.7. The fourth-order valence-electron chi connectivity index (χ4n) is 9.75. The van der Waals surface area contributed by atoms with Crippen molar-refractivity contribution in [1.82, 2.24) is 0 Å². The highest BCUT2D eigenvalue weighted by Crippen LogP contribution is 2.70. The first-order valence-corrected chi connectivity index (χ1v) is 13.7. The molecule has 10 atom stereocenters. The van der Waals surface area contributed by atoms with Crippen LogP contribution in [-0.4, -0.2) is 33.6 Å². The predicted octanol–water partition coefficient (Wildman–Crippen LogP) is 5.97. The molecule has 4 aliphatic carbocycles. The molecule has 4 aliphatic rings. The van der Waals surface area contributed by atoms with E-state index in [1.54, 1.807) is 0 Å². The van der Waals surface area contributed by atoms with Gasteiger partial charge in [0.2, 0.25) is 0 Å². The van der Waals surface area contributed by atoms with E-state index in [4.69, 9.17) is 0 Å². The van der Waals surface area contributed by atoms with Crippen LogP contribution in [0.2, 0.25) is 0 Å². The second-order valence-electron chi connectivity index (χ2n) is 13.2. The number of hydrogen-bond acceptors (Lipinski definition) is 3. The molecule has 4 fully saturated rings. The molecule has 0 spiro atoms. The molecular weight excluding hydrogens is 396 g/mol. The molecular formula is C29H50O3. The number of aliphatic hydroxyl groups excluding tert-OH is 2. The fourth-order valence-corrected chi connectivity index (χ4v) is 9.75. The Morgan fingerprint density at radius 3 is 2.25 bits per heavy atom. The van der Waals surface area contributed by atoms with Gasteiger partial charge in [-0.15, -0.1) is 0 Å². The van der Waals surface area contributed by atoms with E-state index in [1.807, 2.05) is 0 Å². The first kappa shape index (κ1) is 24.7. The molecule has 0 heterocycles. The average Bonchev–Trinajstić information content (AvgIpc) is 3.09. The number of allylic oxidation sites excluding steroid dienone is 1. The van der Waals surface area contributed by atoms with Gasteiger partial charge in [-0.1, -0.05) is 47.6 Å². The Morgan fingerprint density at radius 2 is 1.59 bits per heavy atom. The normalized spacial score (nSPS) is 50.0. The van der Waals surface area contributed by atoms with Crippen LogP contribution in [0.5, 0.6) is 0 Å². The van der Waals surface area contributed by atoms with Crippen LogP contribution in [0.1, 0.15) is 99.3 Å². The molecule has 0 saturated heterocycles. The third kappa shape index (κ3) is 3.64. The molecule has 0 aromatic rings. The molecule has 0 aromatic carbocycles. The maximum Gasteiger partial charge on any atom is 0.0714 e. The van der Waals surface area contributed by atoms with E-state index in [2.05, 4.69) is 47.6 Å². The van der Waals surface area contributed by atoms with Gasteiger partial charge in [0, 0.05) is 0 Å². The van der Waals surface area contributed by atoms with Gasteiger partial charge in [-0.05, 0) is 116 Å². The molecule has 0 aromatic heterocycles. The minimum atomic E-state index is -0.529. The van der Waals surface area contributed by atoms with E-state index in [-0.39, 0.29) is 23.5 Å². The quantitative estimate of drug-likeness (QED) is 0.456. The highest BCUT2D eigenvalue weighted by molar-refractivity contribution is 5.17. The van der Waals surface area contributed by atoms with Crippen molar-refractivity contribution >= 4 is 0 Å². The Morgan fingerprint density at radius 1 is 0.938 bits per heavy atom. The van der Waals surface area contributed by atoms with Crippen molar-refractivity contribution in [3.8, 4) is 0 Å². The summed E-state index contributed by atoms with van der Waals surface area (Å²) >= 11 is 0. The number of hydrogen-bond donors (Lipinski definition) is 3.